The Morgan fingerprint density at radius 1 is 1.07 bits per heavy atom. The number of anilines is 1. The number of sulfonamides is 1. The fourth-order valence-corrected chi connectivity index (χ4v) is 9.71. The van der Waals surface area contributed by atoms with Gasteiger partial charge in [0.1, 0.15) is 11.7 Å². The molecule has 1 aromatic rings. The zero-order chi connectivity index (χ0) is 40.0. The summed E-state index contributed by atoms with van der Waals surface area (Å²) in [5.74, 6) is -3.44. The van der Waals surface area contributed by atoms with Gasteiger partial charge in [-0.25, -0.2) is 13.2 Å². The highest BCUT2D eigenvalue weighted by Crippen LogP contribution is 2.57. The Morgan fingerprint density at radius 2 is 1.76 bits per heavy atom. The maximum atomic E-state index is 14.7. The first kappa shape index (κ1) is 41.7. The highest BCUT2D eigenvalue weighted by molar-refractivity contribution is 7.91. The summed E-state index contributed by atoms with van der Waals surface area (Å²) in [5.41, 5.74) is -0.0733. The van der Waals surface area contributed by atoms with E-state index in [1.165, 1.54) is 4.90 Å². The van der Waals surface area contributed by atoms with Crippen LogP contribution in [0.15, 0.2) is 24.3 Å². The van der Waals surface area contributed by atoms with Crippen molar-refractivity contribution < 1.29 is 41.9 Å². The van der Waals surface area contributed by atoms with Crippen molar-refractivity contribution in [2.45, 2.75) is 136 Å². The zero-order valence-corrected chi connectivity index (χ0v) is 34.3. The number of allylic oxidation sites excluding steroid dienone is 2. The molecule has 54 heavy (non-hydrogen) atoms. The van der Waals surface area contributed by atoms with Crippen LogP contribution in [0.25, 0.3) is 0 Å². The number of aryl methyl sites for hydroxylation is 2. The van der Waals surface area contributed by atoms with Gasteiger partial charge in [-0.3, -0.25) is 29.2 Å². The molecule has 7 atom stereocenters. The van der Waals surface area contributed by atoms with Crippen LogP contribution in [-0.4, -0.2) is 72.0 Å². The van der Waals surface area contributed by atoms with Crippen molar-refractivity contribution in [2.75, 3.05) is 11.9 Å². The summed E-state index contributed by atoms with van der Waals surface area (Å²) < 4.78 is 39.1. The van der Waals surface area contributed by atoms with Crippen molar-refractivity contribution in [1.82, 2.24) is 9.62 Å². The molecule has 3 fully saturated rings. The Labute approximate surface area is 324 Å². The largest absolute Gasteiger partial charge is 0.460 e. The maximum Gasteiger partial charge on any atom is 0.412 e. The van der Waals surface area contributed by atoms with Crippen molar-refractivity contribution in [3.63, 3.8) is 0 Å². The molecule has 0 spiro atoms. The van der Waals surface area contributed by atoms with Crippen LogP contribution in [0.4, 0.5) is 10.5 Å². The molecule has 2 aliphatic carbocycles. The number of Topliss-reactive ketones (excluding diaryl/α,β-unsaturated/α-hetero) is 1. The van der Waals surface area contributed by atoms with Crippen molar-refractivity contribution >= 4 is 57.0 Å². The van der Waals surface area contributed by atoms with Crippen LogP contribution >= 0.6 is 11.6 Å². The van der Waals surface area contributed by atoms with E-state index in [-0.39, 0.29) is 50.0 Å². The number of halogens is 1. The molecule has 0 unspecified atom stereocenters. The van der Waals surface area contributed by atoms with Crippen LogP contribution in [-0.2, 0) is 38.7 Å². The smallest absolute Gasteiger partial charge is 0.412 e. The molecule has 0 bridgehead atoms. The van der Waals surface area contributed by atoms with Crippen LogP contribution < -0.4 is 10.0 Å². The van der Waals surface area contributed by atoms with E-state index in [0.717, 1.165) is 17.5 Å². The van der Waals surface area contributed by atoms with Crippen molar-refractivity contribution in [3.05, 3.63) is 40.4 Å². The third-order valence-corrected chi connectivity index (χ3v) is 14.0. The summed E-state index contributed by atoms with van der Waals surface area (Å²) in [6.45, 7) is 14.4. The minimum absolute atomic E-state index is 0.0445. The number of hydrogen-bond acceptors (Lipinski definition) is 9. The first-order valence-corrected chi connectivity index (χ1v) is 20.9. The Morgan fingerprint density at radius 3 is 2.39 bits per heavy atom. The van der Waals surface area contributed by atoms with Gasteiger partial charge in [-0.2, -0.15) is 0 Å². The first-order chi connectivity index (χ1) is 25.0. The lowest BCUT2D eigenvalue weighted by molar-refractivity contribution is -0.160. The van der Waals surface area contributed by atoms with Crippen molar-refractivity contribution in [3.8, 4) is 0 Å². The maximum absolute atomic E-state index is 14.7. The van der Waals surface area contributed by atoms with Gasteiger partial charge in [-0.05, 0) is 115 Å². The van der Waals surface area contributed by atoms with Gasteiger partial charge in [0.15, 0.2) is 5.78 Å². The number of nitrogens with one attached hydrogen (secondary N) is 2. The molecule has 12 nitrogen and oxygen atoms in total. The molecule has 2 saturated carbocycles. The molecule has 0 aromatic heterocycles. The number of carbonyl (C=O) groups excluding carboxylic acids is 5. The van der Waals surface area contributed by atoms with Gasteiger partial charge in [-0.1, -0.05) is 43.7 Å². The normalized spacial score (nSPS) is 30.5. The number of nitrogens with zero attached hydrogens (tertiary/aromatic N) is 1. The molecule has 0 radical (unpaired) electrons. The lowest BCUT2D eigenvalue weighted by Gasteiger charge is -2.32. The highest BCUT2D eigenvalue weighted by Gasteiger charge is 2.62. The molecular weight excluding hydrogens is 734 g/mol. The van der Waals surface area contributed by atoms with Gasteiger partial charge < -0.3 is 14.4 Å². The summed E-state index contributed by atoms with van der Waals surface area (Å²) >= 11 is 6.43. The van der Waals surface area contributed by atoms with E-state index in [9.17, 15) is 32.4 Å². The van der Waals surface area contributed by atoms with Gasteiger partial charge in [-0.15, -0.1) is 0 Å². The fraction of sp³-hybridized carbons (Fsp3) is 0.675. The van der Waals surface area contributed by atoms with Gasteiger partial charge in [0.25, 0.3) is 0 Å². The number of amides is 3. The second kappa shape index (κ2) is 15.6. The van der Waals surface area contributed by atoms with Crippen molar-refractivity contribution in [2.24, 2.45) is 29.1 Å². The van der Waals surface area contributed by atoms with Gasteiger partial charge in [0.2, 0.25) is 21.8 Å². The Hall–Kier alpha value is -3.45. The molecule has 1 aromatic carbocycles. The topological polar surface area (TPSA) is 165 Å². The summed E-state index contributed by atoms with van der Waals surface area (Å²) in [6.07, 6.45) is 4.88. The van der Waals surface area contributed by atoms with E-state index < -0.39 is 73.5 Å². The molecule has 5 rings (SSSR count). The van der Waals surface area contributed by atoms with Gasteiger partial charge in [0.05, 0.1) is 45.8 Å². The Kier molecular flexibility index (Phi) is 12.0. The number of hydrogen-bond donors (Lipinski definition) is 2. The predicted molar refractivity (Wildman–Crippen MR) is 205 cm³/mol. The lowest BCUT2D eigenvalue weighted by Crippen LogP contribution is -2.48. The molecule has 1 saturated heterocycles. The molecule has 2 heterocycles. The summed E-state index contributed by atoms with van der Waals surface area (Å²) in [6, 6.07) is 2.48. The number of esters is 1. The predicted octanol–water partition coefficient (Wildman–Crippen LogP) is 6.80. The molecular formula is C40H56ClN3O9S. The number of ether oxygens (including phenoxy) is 2. The summed E-state index contributed by atoms with van der Waals surface area (Å²) in [4.78, 5) is 71.0. The standard InChI is InChI=1S/C40H56ClN3O9S/c1-23-11-9-10-12-27-20-40(27,36(48)43-54(50,51)39(8)13-14-39)21-32(45)31-18-28(52-37(49)42-34-26(4)16-24(2)17-30(34)41)22-44(31)35(47)29(25(3)15-23)19-33(46)53-38(5,6)7/h10,12,16-17,23,25,27-29,31H,9,11,13-15,18-22H2,1-8H3,(H,42,49)(H,43,48)/b12-10-/t23-,25-,27-,28-,29+,31+,40-/m1/s1. The molecule has 3 amide bonds. The average molecular weight is 790 g/mol. The SMILES string of the molecule is Cc1cc(C)c(NC(=O)O[C@@H]2C[C@H]3C(=O)C[C@]4(C(=O)NS(=O)(=O)C5(C)CC5)C[C@H]4/C=C\CC[C@@H](C)C[C@@H](C)[C@H](CC(=O)OC(C)(C)C)C(=O)N3C2)c(Cl)c1. The lowest BCUT2D eigenvalue weighted by atomic mass is 9.82. The second-order valence-electron chi connectivity index (χ2n) is 17.5. The molecule has 14 heteroatoms. The van der Waals surface area contributed by atoms with E-state index in [4.69, 9.17) is 21.1 Å². The van der Waals surface area contributed by atoms with E-state index >= 15 is 0 Å². The quantitative estimate of drug-likeness (QED) is 0.223. The molecule has 4 aliphatic rings. The molecule has 2 aliphatic heterocycles. The molecule has 298 valence electrons. The van der Waals surface area contributed by atoms with Crippen molar-refractivity contribution in [1.29, 1.82) is 0 Å². The fourth-order valence-electron chi connectivity index (χ4n) is 8.00. The average Bonchev–Trinajstić information content (AvgIpc) is 3.92. The van der Waals surface area contributed by atoms with Crippen LogP contribution in [0.1, 0.15) is 110 Å². The summed E-state index contributed by atoms with van der Waals surface area (Å²) in [7, 11) is -3.98. The van der Waals surface area contributed by atoms with Gasteiger partial charge in [0, 0.05) is 12.8 Å². The zero-order valence-electron chi connectivity index (χ0n) is 32.8. The van der Waals surface area contributed by atoms with E-state index in [0.29, 0.717) is 36.4 Å². The molecule has 2 N–H and O–H groups in total. The number of benzene rings is 1. The minimum Gasteiger partial charge on any atom is -0.460 e. The Bertz CT molecular complexity index is 1790. The van der Waals surface area contributed by atoms with E-state index in [1.807, 2.05) is 32.1 Å². The first-order valence-electron chi connectivity index (χ1n) is 19.1. The number of fused-ring (bicyclic) bond motifs is 2. The van der Waals surface area contributed by atoms with Gasteiger partial charge >= 0.3 is 12.1 Å². The number of rotatable bonds is 7. The van der Waals surface area contributed by atoms with Crippen LogP contribution in [0.3, 0.4) is 0 Å². The highest BCUT2D eigenvalue weighted by atomic mass is 35.5. The number of carbonyl (C=O) groups is 5. The monoisotopic (exact) mass is 789 g/mol. The van der Waals surface area contributed by atoms with E-state index in [1.54, 1.807) is 40.7 Å². The third kappa shape index (κ3) is 9.49. The van der Waals surface area contributed by atoms with Crippen LogP contribution in [0.5, 0.6) is 0 Å². The third-order valence-electron chi connectivity index (χ3n) is 11.5. The van der Waals surface area contributed by atoms with Crippen LogP contribution in [0, 0.1) is 42.9 Å². The second-order valence-corrected chi connectivity index (χ2v) is 20.2. The number of ketones is 1. The van der Waals surface area contributed by atoms with E-state index in [2.05, 4.69) is 17.0 Å². The summed E-state index contributed by atoms with van der Waals surface area (Å²) in [5, 5.41) is 3.03. The Balaban J connectivity index is 1.46. The van der Waals surface area contributed by atoms with Crippen LogP contribution in [0.2, 0.25) is 5.02 Å². The minimum atomic E-state index is -3.98.